The van der Waals surface area contributed by atoms with Gasteiger partial charge in [0.1, 0.15) is 12.4 Å². The Balaban J connectivity index is 2.02. The van der Waals surface area contributed by atoms with Gasteiger partial charge in [-0.15, -0.1) is 0 Å². The Labute approximate surface area is 116 Å². The van der Waals surface area contributed by atoms with Gasteiger partial charge in [0.25, 0.3) is 0 Å². The first-order chi connectivity index (χ1) is 9.16. The van der Waals surface area contributed by atoms with Gasteiger partial charge in [-0.25, -0.2) is 0 Å². The SMILES string of the molecule is CN(C)CCOc1ccccc1N1CCCC(N)C1. The summed E-state index contributed by atoms with van der Waals surface area (Å²) in [7, 11) is 4.11. The molecule has 1 aromatic carbocycles. The molecule has 0 bridgehead atoms. The van der Waals surface area contributed by atoms with E-state index in [0.29, 0.717) is 6.61 Å². The van der Waals surface area contributed by atoms with Gasteiger partial charge < -0.3 is 20.3 Å². The molecule has 19 heavy (non-hydrogen) atoms. The second-order valence-corrected chi connectivity index (χ2v) is 5.47. The lowest BCUT2D eigenvalue weighted by atomic mass is 10.1. The average molecular weight is 263 g/mol. The van der Waals surface area contributed by atoms with Crippen LogP contribution in [-0.4, -0.2) is 51.3 Å². The fourth-order valence-electron chi connectivity index (χ4n) is 2.41. The third-order valence-electron chi connectivity index (χ3n) is 3.46. The minimum atomic E-state index is 0.281. The molecule has 1 aliphatic rings. The monoisotopic (exact) mass is 263 g/mol. The van der Waals surface area contributed by atoms with Crippen molar-refractivity contribution in [2.45, 2.75) is 18.9 Å². The summed E-state index contributed by atoms with van der Waals surface area (Å²) in [6.45, 7) is 3.63. The van der Waals surface area contributed by atoms with Crippen LogP contribution in [0.15, 0.2) is 24.3 Å². The molecule has 4 heteroatoms. The maximum atomic E-state index is 6.06. The van der Waals surface area contributed by atoms with Gasteiger partial charge in [-0.1, -0.05) is 12.1 Å². The number of nitrogens with zero attached hydrogens (tertiary/aromatic N) is 2. The summed E-state index contributed by atoms with van der Waals surface area (Å²) in [6.07, 6.45) is 2.29. The summed E-state index contributed by atoms with van der Waals surface area (Å²) in [6, 6.07) is 8.55. The number of benzene rings is 1. The van der Waals surface area contributed by atoms with E-state index in [4.69, 9.17) is 10.5 Å². The van der Waals surface area contributed by atoms with E-state index in [9.17, 15) is 0 Å². The second-order valence-electron chi connectivity index (χ2n) is 5.47. The quantitative estimate of drug-likeness (QED) is 0.875. The smallest absolute Gasteiger partial charge is 0.142 e. The molecule has 0 aromatic heterocycles. The fourth-order valence-corrected chi connectivity index (χ4v) is 2.41. The van der Waals surface area contributed by atoms with Crippen molar-refractivity contribution in [3.8, 4) is 5.75 Å². The predicted molar refractivity (Wildman–Crippen MR) is 79.9 cm³/mol. The Hall–Kier alpha value is -1.26. The molecule has 0 amide bonds. The summed E-state index contributed by atoms with van der Waals surface area (Å²) < 4.78 is 5.91. The first-order valence-electron chi connectivity index (χ1n) is 7.04. The van der Waals surface area contributed by atoms with Crippen LogP contribution in [0, 0.1) is 0 Å². The van der Waals surface area contributed by atoms with Gasteiger partial charge in [0, 0.05) is 25.7 Å². The van der Waals surface area contributed by atoms with Gasteiger partial charge in [-0.05, 0) is 39.1 Å². The van der Waals surface area contributed by atoms with Crippen molar-refractivity contribution >= 4 is 5.69 Å². The summed E-state index contributed by atoms with van der Waals surface area (Å²) in [5, 5.41) is 0. The van der Waals surface area contributed by atoms with E-state index in [0.717, 1.165) is 38.2 Å². The van der Waals surface area contributed by atoms with Crippen LogP contribution in [0.4, 0.5) is 5.69 Å². The number of ether oxygens (including phenoxy) is 1. The highest BCUT2D eigenvalue weighted by Crippen LogP contribution is 2.29. The van der Waals surface area contributed by atoms with Gasteiger partial charge in [-0.2, -0.15) is 0 Å². The first kappa shape index (κ1) is 14.2. The van der Waals surface area contributed by atoms with Crippen LogP contribution < -0.4 is 15.4 Å². The largest absolute Gasteiger partial charge is 0.490 e. The molecule has 0 radical (unpaired) electrons. The molecule has 1 aromatic rings. The van der Waals surface area contributed by atoms with E-state index >= 15 is 0 Å². The lowest BCUT2D eigenvalue weighted by Gasteiger charge is -2.33. The van der Waals surface area contributed by atoms with Crippen molar-refractivity contribution in [2.24, 2.45) is 5.73 Å². The van der Waals surface area contributed by atoms with Crippen LogP contribution in [0.3, 0.4) is 0 Å². The molecule has 2 rings (SSSR count). The van der Waals surface area contributed by atoms with Crippen molar-refractivity contribution in [3.05, 3.63) is 24.3 Å². The number of anilines is 1. The molecule has 1 saturated heterocycles. The number of para-hydroxylation sites is 2. The predicted octanol–water partition coefficient (Wildman–Crippen LogP) is 1.55. The molecule has 1 heterocycles. The van der Waals surface area contributed by atoms with Crippen LogP contribution in [0.25, 0.3) is 0 Å². The second kappa shape index (κ2) is 6.78. The molecule has 1 aliphatic heterocycles. The lowest BCUT2D eigenvalue weighted by Crippen LogP contribution is -2.43. The minimum absolute atomic E-state index is 0.281. The lowest BCUT2D eigenvalue weighted by molar-refractivity contribution is 0.261. The van der Waals surface area contributed by atoms with Crippen molar-refractivity contribution in [1.29, 1.82) is 0 Å². The third-order valence-corrected chi connectivity index (χ3v) is 3.46. The van der Waals surface area contributed by atoms with Gasteiger partial charge >= 0.3 is 0 Å². The highest BCUT2D eigenvalue weighted by molar-refractivity contribution is 5.58. The standard InChI is InChI=1S/C15H25N3O/c1-17(2)10-11-19-15-8-4-3-7-14(15)18-9-5-6-13(16)12-18/h3-4,7-8,13H,5-6,9-12,16H2,1-2H3. The molecule has 0 saturated carbocycles. The zero-order chi connectivity index (χ0) is 13.7. The van der Waals surface area contributed by atoms with Crippen LogP contribution in [0.2, 0.25) is 0 Å². The summed E-state index contributed by atoms with van der Waals surface area (Å²) >= 11 is 0. The minimum Gasteiger partial charge on any atom is -0.490 e. The van der Waals surface area contributed by atoms with Crippen LogP contribution in [0.1, 0.15) is 12.8 Å². The van der Waals surface area contributed by atoms with Gasteiger partial charge in [0.15, 0.2) is 0 Å². The summed E-state index contributed by atoms with van der Waals surface area (Å²) in [5.74, 6) is 0.971. The number of hydrogen-bond donors (Lipinski definition) is 1. The average Bonchev–Trinajstić information content (AvgIpc) is 2.39. The Morgan fingerprint density at radius 3 is 2.89 bits per heavy atom. The van der Waals surface area contributed by atoms with Gasteiger partial charge in [0.2, 0.25) is 0 Å². The number of nitrogens with two attached hydrogens (primary N) is 1. The molecule has 1 unspecified atom stereocenters. The Bertz CT molecular complexity index is 395. The van der Waals surface area contributed by atoms with E-state index in [1.54, 1.807) is 0 Å². The summed E-state index contributed by atoms with van der Waals surface area (Å²) in [5.41, 5.74) is 7.24. The molecule has 2 N–H and O–H groups in total. The van der Waals surface area contributed by atoms with E-state index in [-0.39, 0.29) is 6.04 Å². The topological polar surface area (TPSA) is 41.7 Å². The number of rotatable bonds is 5. The molecule has 1 atom stereocenters. The zero-order valence-electron chi connectivity index (χ0n) is 12.0. The number of likely N-dealkylation sites (N-methyl/N-ethyl adjacent to an activating group) is 1. The number of piperidine rings is 1. The highest BCUT2D eigenvalue weighted by atomic mass is 16.5. The Morgan fingerprint density at radius 1 is 1.37 bits per heavy atom. The van der Waals surface area contributed by atoms with E-state index in [1.165, 1.54) is 5.69 Å². The molecule has 0 spiro atoms. The molecule has 106 valence electrons. The van der Waals surface area contributed by atoms with Gasteiger partial charge in [0.05, 0.1) is 5.69 Å². The molecular weight excluding hydrogens is 238 g/mol. The maximum absolute atomic E-state index is 6.06. The van der Waals surface area contributed by atoms with Crippen LogP contribution in [-0.2, 0) is 0 Å². The van der Waals surface area contributed by atoms with Crippen molar-refractivity contribution in [1.82, 2.24) is 4.90 Å². The van der Waals surface area contributed by atoms with Crippen molar-refractivity contribution < 1.29 is 4.74 Å². The Morgan fingerprint density at radius 2 is 2.16 bits per heavy atom. The van der Waals surface area contributed by atoms with E-state index in [1.807, 2.05) is 12.1 Å². The molecule has 0 aliphatic carbocycles. The maximum Gasteiger partial charge on any atom is 0.142 e. The van der Waals surface area contributed by atoms with Crippen LogP contribution >= 0.6 is 0 Å². The number of hydrogen-bond acceptors (Lipinski definition) is 4. The van der Waals surface area contributed by atoms with Crippen molar-refractivity contribution in [3.63, 3.8) is 0 Å². The molecule has 1 fully saturated rings. The highest BCUT2D eigenvalue weighted by Gasteiger charge is 2.19. The zero-order valence-corrected chi connectivity index (χ0v) is 12.0. The normalized spacial score (nSPS) is 19.8. The summed E-state index contributed by atoms with van der Waals surface area (Å²) in [4.78, 5) is 4.47. The third kappa shape index (κ3) is 4.11. The van der Waals surface area contributed by atoms with E-state index < -0.39 is 0 Å². The first-order valence-corrected chi connectivity index (χ1v) is 7.04. The molecule has 4 nitrogen and oxygen atoms in total. The fraction of sp³-hybridized carbons (Fsp3) is 0.600. The molecular formula is C15H25N3O. The Kier molecular flexibility index (Phi) is 5.05. The van der Waals surface area contributed by atoms with Gasteiger partial charge in [-0.3, -0.25) is 0 Å². The van der Waals surface area contributed by atoms with Crippen LogP contribution in [0.5, 0.6) is 5.75 Å². The van der Waals surface area contributed by atoms with E-state index in [2.05, 4.69) is 36.0 Å². The van der Waals surface area contributed by atoms with Crippen molar-refractivity contribution in [2.75, 3.05) is 45.2 Å².